The summed E-state index contributed by atoms with van der Waals surface area (Å²) in [6.07, 6.45) is -0.521. The smallest absolute Gasteiger partial charge is 0.345 e. The Kier molecular flexibility index (Phi) is 7.49. The van der Waals surface area contributed by atoms with Crippen LogP contribution in [0.1, 0.15) is 54.1 Å². The first-order chi connectivity index (χ1) is 17.8. The van der Waals surface area contributed by atoms with Crippen molar-refractivity contribution in [2.24, 2.45) is 11.3 Å². The monoisotopic (exact) mass is 534 g/mol. The third-order valence-corrected chi connectivity index (χ3v) is 7.73. The van der Waals surface area contributed by atoms with Gasteiger partial charge in [0.2, 0.25) is 11.8 Å². The zero-order valence-electron chi connectivity index (χ0n) is 21.4. The molecule has 0 radical (unpaired) electrons. The van der Waals surface area contributed by atoms with E-state index in [1.54, 1.807) is 43.1 Å². The SMILES string of the molecule is CC(C)[C@@H](NC(=O)c1cc(C(F)(F)F)ccc1F)C(=O)N1CCC2(CC1)C(=O)N(C)CC2c1ccncc1. The van der Waals surface area contributed by atoms with Crippen molar-refractivity contribution in [1.29, 1.82) is 0 Å². The molecule has 2 aromatic rings. The van der Waals surface area contributed by atoms with Crippen molar-refractivity contribution < 1.29 is 31.9 Å². The second-order valence-electron chi connectivity index (χ2n) is 10.4. The number of piperidine rings is 1. The molecule has 1 N–H and O–H groups in total. The first-order valence-corrected chi connectivity index (χ1v) is 12.5. The van der Waals surface area contributed by atoms with Gasteiger partial charge in [0.25, 0.3) is 5.91 Å². The van der Waals surface area contributed by atoms with Crippen LogP contribution in [0.4, 0.5) is 17.6 Å². The molecule has 4 rings (SSSR count). The lowest BCUT2D eigenvalue weighted by atomic mass is 9.68. The van der Waals surface area contributed by atoms with Crippen molar-refractivity contribution in [3.63, 3.8) is 0 Å². The molecular weight excluding hydrogens is 504 g/mol. The van der Waals surface area contributed by atoms with Crippen molar-refractivity contribution in [2.75, 3.05) is 26.7 Å². The number of amides is 3. The van der Waals surface area contributed by atoms with E-state index >= 15 is 0 Å². The quantitative estimate of drug-likeness (QED) is 0.591. The summed E-state index contributed by atoms with van der Waals surface area (Å²) in [4.78, 5) is 46.8. The van der Waals surface area contributed by atoms with Crippen LogP contribution >= 0.6 is 0 Å². The summed E-state index contributed by atoms with van der Waals surface area (Å²) in [7, 11) is 1.76. The van der Waals surface area contributed by atoms with E-state index < -0.39 is 52.3 Å². The molecule has 2 fully saturated rings. The Hall–Kier alpha value is -3.50. The highest BCUT2D eigenvalue weighted by Gasteiger charge is 2.55. The Bertz CT molecular complexity index is 1210. The van der Waals surface area contributed by atoms with Crippen LogP contribution in [0.25, 0.3) is 0 Å². The number of pyridine rings is 1. The predicted molar refractivity (Wildman–Crippen MR) is 130 cm³/mol. The lowest BCUT2D eigenvalue weighted by molar-refractivity contribution is -0.143. The number of likely N-dealkylation sites (tertiary alicyclic amines) is 2. The molecule has 0 saturated carbocycles. The molecule has 1 aromatic carbocycles. The largest absolute Gasteiger partial charge is 0.416 e. The van der Waals surface area contributed by atoms with Gasteiger partial charge in [-0.15, -0.1) is 0 Å². The second-order valence-corrected chi connectivity index (χ2v) is 10.4. The number of hydrogen-bond donors (Lipinski definition) is 1. The van der Waals surface area contributed by atoms with Crippen molar-refractivity contribution in [1.82, 2.24) is 20.1 Å². The van der Waals surface area contributed by atoms with Gasteiger partial charge in [-0.1, -0.05) is 13.8 Å². The third kappa shape index (κ3) is 5.10. The molecule has 11 heteroatoms. The van der Waals surface area contributed by atoms with Gasteiger partial charge in [0.15, 0.2) is 0 Å². The molecule has 1 spiro atoms. The van der Waals surface area contributed by atoms with E-state index in [2.05, 4.69) is 10.3 Å². The van der Waals surface area contributed by atoms with Gasteiger partial charge in [-0.25, -0.2) is 4.39 Å². The summed E-state index contributed by atoms with van der Waals surface area (Å²) in [5.74, 6) is -3.07. The molecule has 2 saturated heterocycles. The average Bonchev–Trinajstić information content (AvgIpc) is 3.12. The number of hydrogen-bond acceptors (Lipinski definition) is 4. The van der Waals surface area contributed by atoms with Crippen molar-refractivity contribution in [3.05, 3.63) is 65.2 Å². The van der Waals surface area contributed by atoms with Crippen LogP contribution in [0.15, 0.2) is 42.7 Å². The highest BCUT2D eigenvalue weighted by Crippen LogP contribution is 2.50. The number of nitrogens with one attached hydrogen (secondary N) is 1. The van der Waals surface area contributed by atoms with Gasteiger partial charge in [-0.2, -0.15) is 13.2 Å². The van der Waals surface area contributed by atoms with E-state index in [1.165, 1.54) is 0 Å². The highest BCUT2D eigenvalue weighted by molar-refractivity contribution is 5.98. The van der Waals surface area contributed by atoms with Crippen LogP contribution < -0.4 is 5.32 Å². The summed E-state index contributed by atoms with van der Waals surface area (Å²) >= 11 is 0. The van der Waals surface area contributed by atoms with E-state index in [0.717, 1.165) is 5.56 Å². The van der Waals surface area contributed by atoms with Crippen LogP contribution in [-0.4, -0.2) is 65.2 Å². The summed E-state index contributed by atoms with van der Waals surface area (Å²) < 4.78 is 53.5. The molecule has 2 atom stereocenters. The number of carbonyl (C=O) groups is 3. The number of aromatic nitrogens is 1. The molecule has 204 valence electrons. The molecule has 2 aliphatic rings. The maximum Gasteiger partial charge on any atom is 0.416 e. The maximum absolute atomic E-state index is 14.3. The fraction of sp³-hybridized carbons (Fsp3) is 0.481. The van der Waals surface area contributed by atoms with Crippen LogP contribution in [0.3, 0.4) is 0 Å². The highest BCUT2D eigenvalue weighted by atomic mass is 19.4. The lowest BCUT2D eigenvalue weighted by Gasteiger charge is -2.42. The van der Waals surface area contributed by atoms with Crippen molar-refractivity contribution in [2.45, 2.75) is 44.8 Å². The second kappa shape index (κ2) is 10.3. The summed E-state index contributed by atoms with van der Waals surface area (Å²) in [6.45, 7) is 4.48. The molecule has 0 bridgehead atoms. The molecule has 2 aliphatic heterocycles. The number of carbonyl (C=O) groups excluding carboxylic acids is 3. The fourth-order valence-corrected chi connectivity index (χ4v) is 5.57. The van der Waals surface area contributed by atoms with Gasteiger partial charge in [-0.05, 0) is 54.7 Å². The lowest BCUT2D eigenvalue weighted by Crippen LogP contribution is -2.55. The van der Waals surface area contributed by atoms with Crippen LogP contribution in [0, 0.1) is 17.2 Å². The summed E-state index contributed by atoms with van der Waals surface area (Å²) in [5.41, 5.74) is -1.60. The van der Waals surface area contributed by atoms with E-state index in [4.69, 9.17) is 0 Å². The van der Waals surface area contributed by atoms with Crippen molar-refractivity contribution >= 4 is 17.7 Å². The molecule has 38 heavy (non-hydrogen) atoms. The van der Waals surface area contributed by atoms with Crippen LogP contribution in [0.2, 0.25) is 0 Å². The standard InChI is InChI=1S/C27H30F4N4O3/c1-16(2)22(33-23(36)19-14-18(27(29,30)31)4-5-21(19)28)24(37)35-12-8-26(9-13-35)20(15-34(3)25(26)38)17-6-10-32-11-7-17/h4-7,10-11,14,16,20,22H,8-9,12-13,15H2,1-3H3,(H,33,36)/t20?,22-/m1/s1. The van der Waals surface area contributed by atoms with E-state index in [0.29, 0.717) is 37.6 Å². The Morgan fingerprint density at radius 2 is 1.74 bits per heavy atom. The third-order valence-electron chi connectivity index (χ3n) is 7.73. The van der Waals surface area contributed by atoms with Gasteiger partial charge in [0, 0.05) is 45.0 Å². The minimum Gasteiger partial charge on any atom is -0.345 e. The minimum absolute atomic E-state index is 0.0279. The number of rotatable bonds is 5. The number of nitrogens with zero attached hydrogens (tertiary/aromatic N) is 3. The van der Waals surface area contributed by atoms with Crippen molar-refractivity contribution in [3.8, 4) is 0 Å². The topological polar surface area (TPSA) is 82.6 Å². The molecule has 7 nitrogen and oxygen atoms in total. The van der Waals surface area contributed by atoms with Gasteiger partial charge in [0.05, 0.1) is 16.5 Å². The summed E-state index contributed by atoms with van der Waals surface area (Å²) in [6, 6.07) is 4.30. The number of alkyl halides is 3. The van der Waals surface area contributed by atoms with Gasteiger partial charge in [0.1, 0.15) is 11.9 Å². The van der Waals surface area contributed by atoms with Gasteiger partial charge >= 0.3 is 6.18 Å². The van der Waals surface area contributed by atoms with E-state index in [-0.39, 0.29) is 24.9 Å². The predicted octanol–water partition coefficient (Wildman–Crippen LogP) is 3.86. The van der Waals surface area contributed by atoms with Gasteiger partial charge in [-0.3, -0.25) is 19.4 Å². The van der Waals surface area contributed by atoms with Crippen LogP contribution in [0.5, 0.6) is 0 Å². The Morgan fingerprint density at radius 1 is 1.11 bits per heavy atom. The summed E-state index contributed by atoms with van der Waals surface area (Å²) in [5, 5.41) is 2.44. The number of likely N-dealkylation sites (N-methyl/N-ethyl adjacent to an activating group) is 1. The fourth-order valence-electron chi connectivity index (χ4n) is 5.57. The first-order valence-electron chi connectivity index (χ1n) is 12.5. The maximum atomic E-state index is 14.3. The first kappa shape index (κ1) is 27.5. The zero-order valence-corrected chi connectivity index (χ0v) is 21.4. The number of benzene rings is 1. The molecule has 0 aliphatic carbocycles. The Balaban J connectivity index is 1.50. The minimum atomic E-state index is -4.75. The Labute approximate surface area is 218 Å². The molecule has 3 amide bonds. The average molecular weight is 535 g/mol. The van der Waals surface area contributed by atoms with Crippen LogP contribution in [-0.2, 0) is 15.8 Å². The van der Waals surface area contributed by atoms with E-state index in [9.17, 15) is 31.9 Å². The zero-order chi connectivity index (χ0) is 27.8. The Morgan fingerprint density at radius 3 is 2.32 bits per heavy atom. The molecule has 1 unspecified atom stereocenters. The molecule has 3 heterocycles. The van der Waals surface area contributed by atoms with E-state index in [1.807, 2.05) is 12.1 Å². The molecule has 1 aromatic heterocycles. The normalized spacial score (nSPS) is 20.2. The van der Waals surface area contributed by atoms with Gasteiger partial charge < -0.3 is 15.1 Å². The molecular formula is C27H30F4N4O3. The number of halogens is 4.